The number of rotatable bonds is 0. The molecule has 0 saturated heterocycles. The van der Waals surface area contributed by atoms with Gasteiger partial charge in [0.05, 0.1) is 0 Å². The Balaban J connectivity index is 0. The molecule has 0 aliphatic rings. The summed E-state index contributed by atoms with van der Waals surface area (Å²) in [6.45, 7) is 0. The van der Waals surface area contributed by atoms with Gasteiger partial charge in [-0.3, -0.25) is 0 Å². The van der Waals surface area contributed by atoms with E-state index in [9.17, 15) is 0 Å². The smallest absolute Gasteiger partial charge is 0.870 e. The zero-order chi connectivity index (χ0) is 0. The number of hydrogen-bond acceptors (Lipinski definition) is 1. The van der Waals surface area contributed by atoms with Crippen molar-refractivity contribution in [3.63, 3.8) is 0 Å². The second-order valence-corrected chi connectivity index (χ2v) is 0. The maximum Gasteiger partial charge on any atom is -0.870 e. The molecule has 0 spiro atoms. The molecule has 0 aliphatic heterocycles. The van der Waals surface area contributed by atoms with Crippen LogP contribution in [0.15, 0.2) is 0 Å². The van der Waals surface area contributed by atoms with Crippen LogP contribution < -0.4 is 59.1 Å². The average molecular weight is 138 g/mol. The Hall–Kier alpha value is 2.94. The molecule has 0 atom stereocenters. The van der Waals surface area contributed by atoms with E-state index in [0.29, 0.717) is 0 Å². The normalized spacial score (nSPS) is 0. The Morgan fingerprint density at radius 1 is 0.714 bits per heavy atom. The molecule has 5 N–H and O–H groups in total. The first-order valence-corrected chi connectivity index (χ1v) is 0. The zero-order valence-electron chi connectivity index (χ0n) is 3.45. The summed E-state index contributed by atoms with van der Waals surface area (Å²) in [5.41, 5.74) is 0. The fourth-order valence-electron chi connectivity index (χ4n) is 0. The summed E-state index contributed by atoms with van der Waals surface area (Å²) < 4.78 is 0. The number of hydrogen-bond donors (Lipinski definition) is 0. The molecule has 0 fully saturated rings. The van der Waals surface area contributed by atoms with Crippen molar-refractivity contribution in [3.8, 4) is 0 Å². The van der Waals surface area contributed by atoms with Gasteiger partial charge in [-0.2, -0.15) is 0 Å². The van der Waals surface area contributed by atoms with Crippen LogP contribution in [0, 0.1) is 0 Å². The van der Waals surface area contributed by atoms with Crippen molar-refractivity contribution < 1.29 is 75.5 Å². The topological polar surface area (TPSA) is 93.0 Å². The predicted octanol–water partition coefficient (Wildman–Crippen LogP) is -9.92. The molecule has 0 aromatic heterocycles. The third-order valence-electron chi connectivity index (χ3n) is 0. The van der Waals surface area contributed by atoms with Crippen LogP contribution in [0.4, 0.5) is 0 Å². The molecule has 0 amide bonds. The minimum atomic E-state index is 0. The van der Waals surface area contributed by atoms with E-state index in [1.165, 1.54) is 0 Å². The zero-order valence-corrected chi connectivity index (χ0v) is 7.45. The molecule has 7 heteroatoms. The summed E-state index contributed by atoms with van der Waals surface area (Å²) in [5, 5.41) is 0. The van der Waals surface area contributed by atoms with Crippen molar-refractivity contribution in [2.75, 3.05) is 0 Å². The van der Waals surface area contributed by atoms with E-state index in [1.807, 2.05) is 0 Å². The van der Waals surface area contributed by atoms with Gasteiger partial charge >= 0.3 is 88.7 Å². The Bertz CT molecular complexity index is 10.1. The molecule has 0 aromatic rings. The largest absolute Gasteiger partial charge is 0.870 e. The Morgan fingerprint density at radius 3 is 0.714 bits per heavy atom. The van der Waals surface area contributed by atoms with E-state index >= 15 is 0 Å². The van der Waals surface area contributed by atoms with E-state index in [-0.39, 0.29) is 114 Å². The molecule has 3 nitrogen and oxygen atoms in total. The predicted molar refractivity (Wildman–Crippen MR) is 27.6 cm³/mol. The monoisotopic (exact) mass is 138 g/mol. The minimum absolute atomic E-state index is 0. The van der Waals surface area contributed by atoms with Gasteiger partial charge in [-0.15, -0.1) is 0 Å². The molecular formula is H10BNa3O3. The van der Waals surface area contributed by atoms with E-state index in [0.717, 1.165) is 0 Å². The maximum absolute atomic E-state index is 0. The molecular weight excluding hydrogens is 128 g/mol. The first kappa shape index (κ1) is 91.7. The van der Waals surface area contributed by atoms with Crippen LogP contribution >= 0.6 is 0 Å². The molecule has 34 valence electrons. The molecule has 0 bridgehead atoms. The molecule has 7 heavy (non-hydrogen) atoms. The van der Waals surface area contributed by atoms with Crippen molar-refractivity contribution >= 4 is 38.0 Å². The van der Waals surface area contributed by atoms with Crippen LogP contribution in [0.2, 0.25) is 0 Å². The van der Waals surface area contributed by atoms with Crippen LogP contribution in [0.5, 0.6) is 0 Å². The van der Waals surface area contributed by atoms with Gasteiger partial charge in [0.1, 0.15) is 0 Å². The maximum atomic E-state index is 0. The van der Waals surface area contributed by atoms with E-state index in [4.69, 9.17) is 0 Å². The quantitative estimate of drug-likeness (QED) is 0.305. The van der Waals surface area contributed by atoms with Gasteiger partial charge in [-0.1, -0.05) is 8.41 Å². The van der Waals surface area contributed by atoms with Crippen molar-refractivity contribution in [3.05, 3.63) is 0 Å². The van der Waals surface area contributed by atoms with Crippen molar-refractivity contribution in [2.45, 2.75) is 0 Å². The van der Waals surface area contributed by atoms with Crippen LogP contribution in [-0.4, -0.2) is 54.4 Å². The fourth-order valence-corrected chi connectivity index (χ4v) is 0. The molecule has 0 aromatic carbocycles. The second kappa shape index (κ2) is 65.1. The average Bonchev–Trinajstić information content (AvgIpc) is 0. The van der Waals surface area contributed by atoms with Gasteiger partial charge in [0, 0.05) is 0 Å². The summed E-state index contributed by atoms with van der Waals surface area (Å²) in [6, 6.07) is 0. The van der Waals surface area contributed by atoms with Gasteiger partial charge < -0.3 is 16.4 Å². The second-order valence-electron chi connectivity index (χ2n) is 0. The summed E-state index contributed by atoms with van der Waals surface area (Å²) >= 11 is 0. The van der Waals surface area contributed by atoms with Crippen molar-refractivity contribution in [1.82, 2.24) is 0 Å². The molecule has 0 radical (unpaired) electrons. The van der Waals surface area contributed by atoms with Crippen LogP contribution in [-0.2, 0) is 0 Å². The summed E-state index contributed by atoms with van der Waals surface area (Å²) in [6.07, 6.45) is 0. The molecule has 0 saturated carbocycles. The molecule has 0 unspecified atom stereocenters. The minimum Gasteiger partial charge on any atom is -0.870 e. The van der Waals surface area contributed by atoms with Gasteiger partial charge in [0.15, 0.2) is 0 Å². The fraction of sp³-hybridized carbons (Fsp3) is 0. The van der Waals surface area contributed by atoms with E-state index in [2.05, 4.69) is 0 Å². The third-order valence-corrected chi connectivity index (χ3v) is 0. The standard InChI is InChI=1S/BH4.3Na.3H2O.H/h1H4;;;;3*1H2;/q-1;;2*+1;;;;/p-1. The first-order valence-electron chi connectivity index (χ1n) is 0. The van der Waals surface area contributed by atoms with Gasteiger partial charge in [-0.05, 0) is 0 Å². The van der Waals surface area contributed by atoms with Crippen LogP contribution in [0.25, 0.3) is 0 Å². The van der Waals surface area contributed by atoms with Gasteiger partial charge in [0.25, 0.3) is 0 Å². The summed E-state index contributed by atoms with van der Waals surface area (Å²) in [7, 11) is 0. The van der Waals surface area contributed by atoms with Gasteiger partial charge in [0.2, 0.25) is 0 Å². The van der Waals surface area contributed by atoms with Crippen molar-refractivity contribution in [2.24, 2.45) is 0 Å². The summed E-state index contributed by atoms with van der Waals surface area (Å²) in [4.78, 5) is 0. The van der Waals surface area contributed by atoms with E-state index in [1.54, 1.807) is 0 Å². The van der Waals surface area contributed by atoms with Crippen molar-refractivity contribution in [1.29, 1.82) is 0 Å². The van der Waals surface area contributed by atoms with E-state index < -0.39 is 0 Å². The van der Waals surface area contributed by atoms with Gasteiger partial charge in [-0.25, -0.2) is 0 Å². The summed E-state index contributed by atoms with van der Waals surface area (Å²) in [5.74, 6) is 0. The SMILES string of the molecule is O.O.[BH4-].[Na+].[Na+].[NaH].[OH-]. The first-order chi connectivity index (χ1) is 0. The Kier molecular flexibility index (Phi) is 853. The Morgan fingerprint density at radius 2 is 0.714 bits per heavy atom. The third kappa shape index (κ3) is 49.7. The molecule has 0 rings (SSSR count). The molecule has 0 heterocycles. The van der Waals surface area contributed by atoms with Crippen LogP contribution in [0.3, 0.4) is 0 Å². The molecule has 0 aliphatic carbocycles. The Labute approximate surface area is 111 Å². The van der Waals surface area contributed by atoms with Crippen LogP contribution in [0.1, 0.15) is 0 Å².